The van der Waals surface area contributed by atoms with Crippen LogP contribution >= 0.6 is 0 Å². The molecule has 1 aliphatic rings. The van der Waals surface area contributed by atoms with Crippen LogP contribution in [0.4, 0.5) is 5.95 Å². The van der Waals surface area contributed by atoms with Crippen molar-refractivity contribution in [3.8, 4) is 11.6 Å². The van der Waals surface area contributed by atoms with Crippen molar-refractivity contribution in [1.82, 2.24) is 14.5 Å². The van der Waals surface area contributed by atoms with E-state index in [1.54, 1.807) is 10.8 Å². The number of benzene rings is 1. The number of hydrogen-bond donors (Lipinski definition) is 2. The van der Waals surface area contributed by atoms with E-state index >= 15 is 0 Å². The van der Waals surface area contributed by atoms with E-state index in [0.29, 0.717) is 12.6 Å². The van der Waals surface area contributed by atoms with Gasteiger partial charge in [0.2, 0.25) is 11.8 Å². The Labute approximate surface area is 149 Å². The first-order chi connectivity index (χ1) is 12.2. The zero-order chi connectivity index (χ0) is 17.5. The number of nitrogens with one attached hydrogen (secondary N) is 1. The summed E-state index contributed by atoms with van der Waals surface area (Å²) in [6.07, 6.45) is 6.44. The van der Waals surface area contributed by atoms with E-state index in [0.717, 1.165) is 25.3 Å². The predicted octanol–water partition coefficient (Wildman–Crippen LogP) is 2.99. The van der Waals surface area contributed by atoms with Gasteiger partial charge in [0.25, 0.3) is 0 Å². The molecule has 1 aromatic carbocycles. The fraction of sp³-hybridized carbons (Fsp3) is 0.526. The zero-order valence-electron chi connectivity index (χ0n) is 14.9. The minimum absolute atomic E-state index is 0.0340. The van der Waals surface area contributed by atoms with Crippen LogP contribution in [0.25, 0.3) is 0 Å². The molecular weight excluding hydrogens is 316 g/mol. The minimum Gasteiger partial charge on any atom is -0.494 e. The third-order valence-electron chi connectivity index (χ3n) is 4.49. The van der Waals surface area contributed by atoms with Gasteiger partial charge in [0.15, 0.2) is 0 Å². The van der Waals surface area contributed by atoms with Crippen molar-refractivity contribution < 1.29 is 9.84 Å². The maximum absolute atomic E-state index is 9.33. The molecule has 0 spiro atoms. The molecule has 2 N–H and O–H groups in total. The van der Waals surface area contributed by atoms with Gasteiger partial charge in [-0.1, -0.05) is 18.6 Å². The summed E-state index contributed by atoms with van der Waals surface area (Å²) in [4.78, 5) is 6.52. The Morgan fingerprint density at radius 1 is 1.24 bits per heavy atom. The molecule has 6 heteroatoms. The van der Waals surface area contributed by atoms with Crippen LogP contribution in [0, 0.1) is 0 Å². The van der Waals surface area contributed by atoms with Gasteiger partial charge < -0.3 is 19.7 Å². The van der Waals surface area contributed by atoms with E-state index in [1.165, 1.54) is 37.9 Å². The van der Waals surface area contributed by atoms with E-state index in [4.69, 9.17) is 4.74 Å². The number of anilines is 1. The monoisotopic (exact) mass is 344 g/mol. The van der Waals surface area contributed by atoms with E-state index in [9.17, 15) is 5.11 Å². The minimum atomic E-state index is 0.0340. The first-order valence-electron chi connectivity index (χ1n) is 9.11. The Balaban J connectivity index is 1.39. The molecule has 1 fully saturated rings. The highest BCUT2D eigenvalue weighted by molar-refractivity contribution is 5.30. The highest BCUT2D eigenvalue weighted by Crippen LogP contribution is 2.18. The Kier molecular flexibility index (Phi) is 6.17. The van der Waals surface area contributed by atoms with Crippen molar-refractivity contribution in [1.29, 1.82) is 0 Å². The fourth-order valence-electron chi connectivity index (χ4n) is 3.19. The molecule has 1 saturated heterocycles. The molecule has 6 nitrogen and oxygen atoms in total. The number of nitrogens with zero attached hydrogens (tertiary/aromatic N) is 3. The van der Waals surface area contributed by atoms with Crippen LogP contribution in [0.15, 0.2) is 30.5 Å². The van der Waals surface area contributed by atoms with Crippen LogP contribution in [0.3, 0.4) is 0 Å². The van der Waals surface area contributed by atoms with Gasteiger partial charge in [-0.25, -0.2) is 0 Å². The Hall–Kier alpha value is -2.21. The topological polar surface area (TPSA) is 62.6 Å². The van der Waals surface area contributed by atoms with Gasteiger partial charge >= 0.3 is 0 Å². The highest BCUT2D eigenvalue weighted by atomic mass is 16.5. The molecule has 0 bridgehead atoms. The molecule has 0 saturated carbocycles. The number of aryl methyl sites for hydroxylation is 1. The second-order valence-corrected chi connectivity index (χ2v) is 6.65. The van der Waals surface area contributed by atoms with Gasteiger partial charge in [-0.15, -0.1) is 0 Å². The quantitative estimate of drug-likeness (QED) is 0.721. The van der Waals surface area contributed by atoms with Crippen molar-refractivity contribution in [3.63, 3.8) is 0 Å². The van der Waals surface area contributed by atoms with Crippen LogP contribution in [0.2, 0.25) is 0 Å². The summed E-state index contributed by atoms with van der Waals surface area (Å²) in [5.41, 5.74) is 1.32. The summed E-state index contributed by atoms with van der Waals surface area (Å²) >= 11 is 0. The average molecular weight is 344 g/mol. The third-order valence-corrected chi connectivity index (χ3v) is 4.49. The molecule has 0 radical (unpaired) electrons. The van der Waals surface area contributed by atoms with Crippen molar-refractivity contribution in [2.75, 3.05) is 31.6 Å². The lowest BCUT2D eigenvalue weighted by Crippen LogP contribution is -2.29. The van der Waals surface area contributed by atoms with Crippen molar-refractivity contribution >= 4 is 5.95 Å². The van der Waals surface area contributed by atoms with Crippen molar-refractivity contribution in [3.05, 3.63) is 36.0 Å². The number of imidazole rings is 1. The first-order valence-corrected chi connectivity index (χ1v) is 9.11. The number of likely N-dealkylation sites (tertiary alicyclic amines) is 1. The standard InChI is InChI=1S/C19H28N4O2/c1-22-15-18(24)21-19(22)20-9-6-12-25-17-8-5-7-16(13-17)14-23-10-3-2-4-11-23/h5,7-8,13,15,24H,2-4,6,9-12,14H2,1H3,(H,20,21). The zero-order valence-corrected chi connectivity index (χ0v) is 14.9. The molecule has 1 aromatic heterocycles. The molecule has 2 heterocycles. The van der Waals surface area contributed by atoms with Gasteiger partial charge in [-0.05, 0) is 50.0 Å². The lowest BCUT2D eigenvalue weighted by molar-refractivity contribution is 0.220. The van der Waals surface area contributed by atoms with Crippen LogP contribution in [-0.2, 0) is 13.6 Å². The van der Waals surface area contributed by atoms with Crippen molar-refractivity contribution in [2.45, 2.75) is 32.2 Å². The van der Waals surface area contributed by atoms with Gasteiger partial charge in [0.1, 0.15) is 5.75 Å². The normalized spacial score (nSPS) is 15.2. The first kappa shape index (κ1) is 17.6. The van der Waals surface area contributed by atoms with Crippen LogP contribution in [0.1, 0.15) is 31.2 Å². The highest BCUT2D eigenvalue weighted by Gasteiger charge is 2.10. The van der Waals surface area contributed by atoms with Crippen LogP contribution in [-0.4, -0.2) is 45.8 Å². The number of aromatic hydroxyl groups is 1. The molecule has 0 amide bonds. The Morgan fingerprint density at radius 2 is 2.08 bits per heavy atom. The second-order valence-electron chi connectivity index (χ2n) is 6.65. The van der Waals surface area contributed by atoms with E-state index < -0.39 is 0 Å². The summed E-state index contributed by atoms with van der Waals surface area (Å²) in [7, 11) is 1.85. The second kappa shape index (κ2) is 8.76. The molecule has 25 heavy (non-hydrogen) atoms. The van der Waals surface area contributed by atoms with Crippen LogP contribution < -0.4 is 10.1 Å². The average Bonchev–Trinajstić information content (AvgIpc) is 2.93. The van der Waals surface area contributed by atoms with Gasteiger partial charge in [0.05, 0.1) is 12.8 Å². The smallest absolute Gasteiger partial charge is 0.230 e. The van der Waals surface area contributed by atoms with E-state index in [2.05, 4.69) is 33.4 Å². The van der Waals surface area contributed by atoms with Crippen LogP contribution in [0.5, 0.6) is 11.6 Å². The van der Waals surface area contributed by atoms with Gasteiger partial charge in [-0.3, -0.25) is 4.90 Å². The number of ether oxygens (including phenoxy) is 1. The number of hydrogen-bond acceptors (Lipinski definition) is 5. The Bertz CT molecular complexity index is 665. The maximum atomic E-state index is 9.33. The summed E-state index contributed by atoms with van der Waals surface area (Å²) in [6, 6.07) is 8.42. The number of rotatable bonds is 8. The molecule has 136 valence electrons. The van der Waals surface area contributed by atoms with E-state index in [-0.39, 0.29) is 5.88 Å². The summed E-state index contributed by atoms with van der Waals surface area (Å²) in [6.45, 7) is 4.83. The van der Waals surface area contributed by atoms with Crippen molar-refractivity contribution in [2.24, 2.45) is 7.05 Å². The SMILES string of the molecule is Cn1cc(O)nc1NCCCOc1cccc(CN2CCCCC2)c1. The Morgan fingerprint density at radius 3 is 2.84 bits per heavy atom. The molecule has 0 unspecified atom stereocenters. The summed E-state index contributed by atoms with van der Waals surface area (Å²) < 4.78 is 7.64. The molecule has 0 atom stereocenters. The predicted molar refractivity (Wildman–Crippen MR) is 99.0 cm³/mol. The lowest BCUT2D eigenvalue weighted by Gasteiger charge is -2.26. The largest absolute Gasteiger partial charge is 0.494 e. The molecule has 1 aliphatic heterocycles. The lowest BCUT2D eigenvalue weighted by atomic mass is 10.1. The van der Waals surface area contributed by atoms with E-state index in [1.807, 2.05) is 13.1 Å². The van der Waals surface area contributed by atoms with Gasteiger partial charge in [-0.2, -0.15) is 4.98 Å². The summed E-state index contributed by atoms with van der Waals surface area (Å²) in [5, 5.41) is 12.5. The number of piperidine rings is 1. The number of aromatic nitrogens is 2. The third kappa shape index (κ3) is 5.39. The fourth-order valence-corrected chi connectivity index (χ4v) is 3.19. The molecular formula is C19H28N4O2. The molecule has 0 aliphatic carbocycles. The summed E-state index contributed by atoms with van der Waals surface area (Å²) in [5.74, 6) is 1.64. The molecule has 2 aromatic rings. The van der Waals surface area contributed by atoms with Gasteiger partial charge in [0, 0.05) is 20.1 Å². The maximum Gasteiger partial charge on any atom is 0.230 e. The molecule has 3 rings (SSSR count).